The van der Waals surface area contributed by atoms with Crippen LogP contribution in [0.15, 0.2) is 30.3 Å². The number of nitrogens with one attached hydrogen (secondary N) is 1. The van der Waals surface area contributed by atoms with Crippen LogP contribution in [0.3, 0.4) is 0 Å². The van der Waals surface area contributed by atoms with Gasteiger partial charge in [-0.1, -0.05) is 30.3 Å². The minimum absolute atomic E-state index is 0.178. The topological polar surface area (TPSA) is 62.1 Å². The Morgan fingerprint density at radius 2 is 2.26 bits per heavy atom. The molecule has 1 N–H and O–H groups in total. The zero-order chi connectivity index (χ0) is 13.7. The predicted octanol–water partition coefficient (Wildman–Crippen LogP) is 1.83. The Balaban J connectivity index is 1.93. The summed E-state index contributed by atoms with van der Waals surface area (Å²) in [6.07, 6.45) is 1.14. The minimum Gasteiger partial charge on any atom is -0.378 e. The molecule has 0 radical (unpaired) electrons. The number of carbonyl (C=O) groups is 1. The number of benzene rings is 1. The number of ether oxygens (including phenoxy) is 1. The fourth-order valence-corrected chi connectivity index (χ4v) is 2.31. The highest BCUT2D eigenvalue weighted by Crippen LogP contribution is 2.20. The summed E-state index contributed by atoms with van der Waals surface area (Å²) in [6.45, 7) is 3.34. The van der Waals surface area contributed by atoms with E-state index in [2.05, 4.69) is 11.4 Å². The van der Waals surface area contributed by atoms with Crippen LogP contribution in [0, 0.1) is 17.2 Å². The maximum absolute atomic E-state index is 12.1. The van der Waals surface area contributed by atoms with Gasteiger partial charge < -0.3 is 10.1 Å². The first-order valence-electron chi connectivity index (χ1n) is 6.56. The van der Waals surface area contributed by atoms with Gasteiger partial charge in [0.1, 0.15) is 5.92 Å². The zero-order valence-corrected chi connectivity index (χ0v) is 11.0. The molecule has 3 unspecified atom stereocenters. The van der Waals surface area contributed by atoms with Crippen molar-refractivity contribution in [1.29, 1.82) is 5.26 Å². The van der Waals surface area contributed by atoms with E-state index in [1.807, 2.05) is 25.1 Å². The van der Waals surface area contributed by atoms with Gasteiger partial charge in [-0.25, -0.2) is 0 Å². The maximum atomic E-state index is 12.1. The molecule has 3 atom stereocenters. The van der Waals surface area contributed by atoms with E-state index in [0.717, 1.165) is 18.6 Å². The van der Waals surface area contributed by atoms with Crippen molar-refractivity contribution in [1.82, 2.24) is 5.32 Å². The second kappa shape index (κ2) is 6.35. The van der Waals surface area contributed by atoms with Crippen LogP contribution in [0.2, 0.25) is 0 Å². The standard InChI is InChI=1S/C15H18N2O2/c1-11-13(7-8-19-11)10-17-15(18)14(9-16)12-5-3-2-4-6-12/h2-6,11,13-14H,7-8,10H2,1H3,(H,17,18). The van der Waals surface area contributed by atoms with Gasteiger partial charge in [0.2, 0.25) is 5.91 Å². The summed E-state index contributed by atoms with van der Waals surface area (Å²) in [4.78, 5) is 12.1. The van der Waals surface area contributed by atoms with Gasteiger partial charge in [0.25, 0.3) is 0 Å². The fraction of sp³-hybridized carbons (Fsp3) is 0.467. The van der Waals surface area contributed by atoms with Gasteiger partial charge in [0.15, 0.2) is 0 Å². The van der Waals surface area contributed by atoms with Gasteiger partial charge in [0.05, 0.1) is 12.2 Å². The summed E-state index contributed by atoms with van der Waals surface area (Å²) in [7, 11) is 0. The number of amides is 1. The van der Waals surface area contributed by atoms with Crippen molar-refractivity contribution in [2.75, 3.05) is 13.2 Å². The van der Waals surface area contributed by atoms with Gasteiger partial charge in [0, 0.05) is 19.1 Å². The Labute approximate surface area is 113 Å². The molecule has 1 aliphatic heterocycles. The fourth-order valence-electron chi connectivity index (χ4n) is 2.31. The summed E-state index contributed by atoms with van der Waals surface area (Å²) in [5.74, 6) is -0.620. The molecule has 1 fully saturated rings. The molecule has 1 aromatic carbocycles. The van der Waals surface area contributed by atoms with Gasteiger partial charge >= 0.3 is 0 Å². The predicted molar refractivity (Wildman–Crippen MR) is 71.3 cm³/mol. The first-order valence-corrected chi connectivity index (χ1v) is 6.56. The minimum atomic E-state index is -0.737. The summed E-state index contributed by atoms with van der Waals surface area (Å²) < 4.78 is 5.45. The van der Waals surface area contributed by atoms with Crippen LogP contribution in [0.5, 0.6) is 0 Å². The molecular weight excluding hydrogens is 240 g/mol. The van der Waals surface area contributed by atoms with E-state index in [9.17, 15) is 4.79 Å². The molecule has 1 heterocycles. The normalized spacial score (nSPS) is 23.6. The molecule has 1 saturated heterocycles. The Bertz CT molecular complexity index is 467. The van der Waals surface area contributed by atoms with Gasteiger partial charge in [-0.2, -0.15) is 5.26 Å². The lowest BCUT2D eigenvalue weighted by molar-refractivity contribution is -0.121. The van der Waals surface area contributed by atoms with E-state index in [0.29, 0.717) is 12.5 Å². The van der Waals surface area contributed by atoms with Crippen molar-refractivity contribution in [2.45, 2.75) is 25.4 Å². The zero-order valence-electron chi connectivity index (χ0n) is 11.0. The number of carbonyl (C=O) groups excluding carboxylic acids is 1. The van der Waals surface area contributed by atoms with Crippen LogP contribution in [0.4, 0.5) is 0 Å². The van der Waals surface area contributed by atoms with Crippen LogP contribution >= 0.6 is 0 Å². The molecule has 4 heteroatoms. The van der Waals surface area contributed by atoms with Gasteiger partial charge in [-0.05, 0) is 18.9 Å². The molecule has 19 heavy (non-hydrogen) atoms. The second-order valence-corrected chi connectivity index (χ2v) is 4.84. The molecule has 0 aromatic heterocycles. The van der Waals surface area contributed by atoms with Crippen molar-refractivity contribution in [2.24, 2.45) is 5.92 Å². The Morgan fingerprint density at radius 1 is 1.53 bits per heavy atom. The Hall–Kier alpha value is -1.86. The average Bonchev–Trinajstić information content (AvgIpc) is 2.84. The quantitative estimate of drug-likeness (QED) is 0.896. The Morgan fingerprint density at radius 3 is 2.84 bits per heavy atom. The molecule has 1 amide bonds. The van der Waals surface area contributed by atoms with E-state index in [1.54, 1.807) is 12.1 Å². The lowest BCUT2D eigenvalue weighted by Crippen LogP contribution is -2.34. The van der Waals surface area contributed by atoms with Crippen molar-refractivity contribution in [3.8, 4) is 6.07 Å². The molecular formula is C15H18N2O2. The molecule has 1 aliphatic rings. The van der Waals surface area contributed by atoms with Crippen molar-refractivity contribution in [3.05, 3.63) is 35.9 Å². The number of rotatable bonds is 4. The van der Waals surface area contributed by atoms with Crippen LogP contribution in [0.25, 0.3) is 0 Å². The SMILES string of the molecule is CC1OCCC1CNC(=O)C(C#N)c1ccccc1. The van der Waals surface area contributed by atoms with Crippen LogP contribution in [0.1, 0.15) is 24.8 Å². The molecule has 0 aliphatic carbocycles. The summed E-state index contributed by atoms with van der Waals surface area (Å²) in [5, 5.41) is 12.0. The molecule has 0 bridgehead atoms. The number of hydrogen-bond acceptors (Lipinski definition) is 3. The second-order valence-electron chi connectivity index (χ2n) is 4.84. The van der Waals surface area contributed by atoms with E-state index < -0.39 is 5.92 Å². The third kappa shape index (κ3) is 3.33. The molecule has 2 rings (SSSR count). The van der Waals surface area contributed by atoms with Crippen LogP contribution < -0.4 is 5.32 Å². The largest absolute Gasteiger partial charge is 0.378 e. The van der Waals surface area contributed by atoms with E-state index in [4.69, 9.17) is 10.00 Å². The Kier molecular flexibility index (Phi) is 4.53. The molecule has 0 saturated carbocycles. The molecule has 1 aromatic rings. The number of nitriles is 1. The monoisotopic (exact) mass is 258 g/mol. The first kappa shape index (κ1) is 13.6. The highest BCUT2D eigenvalue weighted by Gasteiger charge is 2.26. The van der Waals surface area contributed by atoms with E-state index >= 15 is 0 Å². The van der Waals surface area contributed by atoms with Gasteiger partial charge in [-0.3, -0.25) is 4.79 Å². The highest BCUT2D eigenvalue weighted by atomic mass is 16.5. The number of hydrogen-bond donors (Lipinski definition) is 1. The number of nitrogens with zero attached hydrogens (tertiary/aromatic N) is 1. The smallest absolute Gasteiger partial charge is 0.241 e. The van der Waals surface area contributed by atoms with Gasteiger partial charge in [-0.15, -0.1) is 0 Å². The summed E-state index contributed by atoms with van der Waals surface area (Å²) >= 11 is 0. The van der Waals surface area contributed by atoms with Crippen molar-refractivity contribution < 1.29 is 9.53 Å². The maximum Gasteiger partial charge on any atom is 0.241 e. The molecule has 4 nitrogen and oxygen atoms in total. The molecule has 0 spiro atoms. The van der Waals surface area contributed by atoms with E-state index in [1.165, 1.54) is 0 Å². The lowest BCUT2D eigenvalue weighted by Gasteiger charge is -2.16. The highest BCUT2D eigenvalue weighted by molar-refractivity contribution is 5.86. The summed E-state index contributed by atoms with van der Waals surface area (Å²) in [6, 6.07) is 11.2. The lowest BCUT2D eigenvalue weighted by atomic mass is 9.98. The average molecular weight is 258 g/mol. The van der Waals surface area contributed by atoms with Crippen LogP contribution in [-0.2, 0) is 9.53 Å². The van der Waals surface area contributed by atoms with Crippen molar-refractivity contribution >= 4 is 5.91 Å². The van der Waals surface area contributed by atoms with E-state index in [-0.39, 0.29) is 12.0 Å². The van der Waals surface area contributed by atoms with Crippen molar-refractivity contribution in [3.63, 3.8) is 0 Å². The third-order valence-corrected chi connectivity index (χ3v) is 3.60. The third-order valence-electron chi connectivity index (χ3n) is 3.60. The molecule has 100 valence electrons. The first-order chi connectivity index (χ1) is 9.22. The van der Waals surface area contributed by atoms with Crippen LogP contribution in [-0.4, -0.2) is 25.2 Å². The summed E-state index contributed by atoms with van der Waals surface area (Å²) in [5.41, 5.74) is 0.734.